The van der Waals surface area contributed by atoms with Gasteiger partial charge in [0.1, 0.15) is 5.25 Å². The molecule has 1 unspecified atom stereocenters. The summed E-state index contributed by atoms with van der Waals surface area (Å²) in [5.41, 5.74) is -0.480. The monoisotopic (exact) mass is 295 g/mol. The van der Waals surface area contributed by atoms with E-state index < -0.39 is 34.4 Å². The zero-order chi connectivity index (χ0) is 14.6. The van der Waals surface area contributed by atoms with E-state index in [9.17, 15) is 28.1 Å². The molecule has 1 rings (SSSR count). The molecule has 104 valence electrons. The summed E-state index contributed by atoms with van der Waals surface area (Å²) >= 11 is 0.131. The molecular formula is C10H8F3NO4S. The van der Waals surface area contributed by atoms with E-state index in [1.165, 1.54) is 12.1 Å². The van der Waals surface area contributed by atoms with Gasteiger partial charge in [-0.15, -0.1) is 11.8 Å². The zero-order valence-electron chi connectivity index (χ0n) is 9.26. The van der Waals surface area contributed by atoms with E-state index in [4.69, 9.17) is 5.11 Å². The van der Waals surface area contributed by atoms with Gasteiger partial charge in [-0.1, -0.05) is 12.1 Å². The Hall–Kier alpha value is -1.77. The lowest BCUT2D eigenvalue weighted by atomic mass is 10.3. The van der Waals surface area contributed by atoms with Crippen LogP contribution < -0.4 is 0 Å². The maximum atomic E-state index is 12.6. The minimum Gasteiger partial charge on any atom is -0.481 e. The fraction of sp³-hybridized carbons (Fsp3) is 0.300. The zero-order valence-corrected chi connectivity index (χ0v) is 10.1. The van der Waals surface area contributed by atoms with Crippen LogP contribution in [0.2, 0.25) is 0 Å². The second-order valence-corrected chi connectivity index (χ2v) is 4.72. The molecule has 1 atom stereocenters. The van der Waals surface area contributed by atoms with Crippen LogP contribution in [-0.2, 0) is 4.79 Å². The number of halogens is 3. The first-order chi connectivity index (χ1) is 8.71. The van der Waals surface area contributed by atoms with Crippen LogP contribution in [0.4, 0.5) is 18.9 Å². The van der Waals surface area contributed by atoms with Crippen LogP contribution in [0.25, 0.3) is 0 Å². The quantitative estimate of drug-likeness (QED) is 0.513. The summed E-state index contributed by atoms with van der Waals surface area (Å²) in [5, 5.41) is 16.9. The third kappa shape index (κ3) is 4.43. The SMILES string of the molecule is O=C(O)CC(Sc1ccccc1[N+](=O)[O-])C(F)(F)F. The van der Waals surface area contributed by atoms with Crippen LogP contribution in [0.3, 0.4) is 0 Å². The first-order valence-corrected chi connectivity index (χ1v) is 5.78. The first kappa shape index (κ1) is 15.3. The number of hydrogen-bond acceptors (Lipinski definition) is 4. The lowest BCUT2D eigenvalue weighted by molar-refractivity contribution is -0.387. The van der Waals surface area contributed by atoms with Crippen molar-refractivity contribution in [1.29, 1.82) is 0 Å². The summed E-state index contributed by atoms with van der Waals surface area (Å²) in [5.74, 6) is -1.62. The summed E-state index contributed by atoms with van der Waals surface area (Å²) in [7, 11) is 0. The number of alkyl halides is 3. The molecule has 5 nitrogen and oxygen atoms in total. The minimum absolute atomic E-state index is 0.131. The summed E-state index contributed by atoms with van der Waals surface area (Å²) in [4.78, 5) is 20.1. The Kier molecular flexibility index (Phi) is 4.76. The van der Waals surface area contributed by atoms with Crippen LogP contribution in [0.5, 0.6) is 0 Å². The number of rotatable bonds is 5. The van der Waals surface area contributed by atoms with Crippen molar-refractivity contribution in [1.82, 2.24) is 0 Å². The van der Waals surface area contributed by atoms with Crippen LogP contribution in [0.15, 0.2) is 29.2 Å². The molecule has 0 spiro atoms. The van der Waals surface area contributed by atoms with Crippen molar-refractivity contribution in [3.8, 4) is 0 Å². The van der Waals surface area contributed by atoms with Crippen molar-refractivity contribution in [2.45, 2.75) is 22.7 Å². The Labute approximate surface area is 109 Å². The highest BCUT2D eigenvalue weighted by Crippen LogP contribution is 2.40. The number of carboxylic acid groups (broad SMARTS) is 1. The highest BCUT2D eigenvalue weighted by Gasteiger charge is 2.42. The van der Waals surface area contributed by atoms with E-state index in [2.05, 4.69) is 0 Å². The van der Waals surface area contributed by atoms with Crippen LogP contribution in [-0.4, -0.2) is 27.4 Å². The van der Waals surface area contributed by atoms with E-state index in [1.807, 2.05) is 0 Å². The van der Waals surface area contributed by atoms with Gasteiger partial charge in [0.25, 0.3) is 5.69 Å². The lowest BCUT2D eigenvalue weighted by Crippen LogP contribution is -2.28. The summed E-state index contributed by atoms with van der Waals surface area (Å²) in [6.07, 6.45) is -5.91. The Morgan fingerprint density at radius 3 is 2.47 bits per heavy atom. The number of carboxylic acids is 1. The standard InChI is InChI=1S/C10H8F3NO4S/c11-10(12,13)8(5-9(15)16)19-7-4-2-1-3-6(7)14(17)18/h1-4,8H,5H2,(H,15,16). The van der Waals surface area contributed by atoms with Crippen molar-refractivity contribution in [2.75, 3.05) is 0 Å². The molecule has 9 heteroatoms. The molecule has 1 aromatic carbocycles. The predicted octanol–water partition coefficient (Wildman–Crippen LogP) is 3.09. The van der Waals surface area contributed by atoms with Crippen molar-refractivity contribution in [2.24, 2.45) is 0 Å². The average Bonchev–Trinajstić information content (AvgIpc) is 2.26. The Morgan fingerprint density at radius 1 is 1.42 bits per heavy atom. The van der Waals surface area contributed by atoms with Crippen LogP contribution in [0.1, 0.15) is 6.42 Å². The number of carbonyl (C=O) groups is 1. The van der Waals surface area contributed by atoms with Crippen molar-refractivity contribution in [3.05, 3.63) is 34.4 Å². The molecule has 0 saturated carbocycles. The molecular weight excluding hydrogens is 287 g/mol. The fourth-order valence-corrected chi connectivity index (χ4v) is 2.33. The Morgan fingerprint density at radius 2 is 2.00 bits per heavy atom. The second kappa shape index (κ2) is 5.91. The number of benzene rings is 1. The van der Waals surface area contributed by atoms with Gasteiger partial charge in [-0.3, -0.25) is 14.9 Å². The van der Waals surface area contributed by atoms with Gasteiger partial charge in [-0.05, 0) is 6.07 Å². The molecule has 0 aromatic heterocycles. The molecule has 0 aliphatic rings. The molecule has 0 aliphatic carbocycles. The lowest BCUT2D eigenvalue weighted by Gasteiger charge is -2.17. The molecule has 1 N–H and O–H groups in total. The molecule has 0 bridgehead atoms. The molecule has 0 aliphatic heterocycles. The number of hydrogen-bond donors (Lipinski definition) is 1. The smallest absolute Gasteiger partial charge is 0.401 e. The van der Waals surface area contributed by atoms with Crippen molar-refractivity contribution < 1.29 is 28.0 Å². The number of para-hydroxylation sites is 1. The molecule has 0 heterocycles. The maximum Gasteiger partial charge on any atom is 0.401 e. The van der Waals surface area contributed by atoms with Gasteiger partial charge in [-0.2, -0.15) is 13.2 Å². The van der Waals surface area contributed by atoms with Gasteiger partial charge >= 0.3 is 12.1 Å². The summed E-state index contributed by atoms with van der Waals surface area (Å²) < 4.78 is 37.9. The van der Waals surface area contributed by atoms with Crippen molar-refractivity contribution >= 4 is 23.4 Å². The molecule has 0 amide bonds. The molecule has 19 heavy (non-hydrogen) atoms. The van der Waals surface area contributed by atoms with Crippen LogP contribution >= 0.6 is 11.8 Å². The topological polar surface area (TPSA) is 80.4 Å². The van der Waals surface area contributed by atoms with E-state index in [1.54, 1.807) is 0 Å². The third-order valence-electron chi connectivity index (χ3n) is 2.06. The van der Waals surface area contributed by atoms with Gasteiger partial charge in [0, 0.05) is 6.07 Å². The second-order valence-electron chi connectivity index (χ2n) is 3.47. The maximum absolute atomic E-state index is 12.6. The Bertz CT molecular complexity index is 492. The first-order valence-electron chi connectivity index (χ1n) is 4.90. The Balaban J connectivity index is 3.03. The summed E-state index contributed by atoms with van der Waals surface area (Å²) in [6, 6.07) is 4.89. The van der Waals surface area contributed by atoms with E-state index in [-0.39, 0.29) is 16.7 Å². The molecule has 1 aromatic rings. The van der Waals surface area contributed by atoms with Crippen LogP contribution in [0, 0.1) is 10.1 Å². The molecule has 0 saturated heterocycles. The van der Waals surface area contributed by atoms with Gasteiger partial charge in [0.2, 0.25) is 0 Å². The van der Waals surface area contributed by atoms with E-state index in [0.717, 1.165) is 12.1 Å². The van der Waals surface area contributed by atoms with Gasteiger partial charge in [0.15, 0.2) is 0 Å². The molecule has 0 radical (unpaired) electrons. The number of thioether (sulfide) groups is 1. The number of nitro groups is 1. The van der Waals surface area contributed by atoms with Gasteiger partial charge in [0.05, 0.1) is 16.2 Å². The fourth-order valence-electron chi connectivity index (χ4n) is 1.24. The third-order valence-corrected chi connectivity index (χ3v) is 3.37. The van der Waals surface area contributed by atoms with Gasteiger partial charge < -0.3 is 5.11 Å². The largest absolute Gasteiger partial charge is 0.481 e. The summed E-state index contributed by atoms with van der Waals surface area (Å²) in [6.45, 7) is 0. The predicted molar refractivity (Wildman–Crippen MR) is 61.0 cm³/mol. The van der Waals surface area contributed by atoms with E-state index >= 15 is 0 Å². The molecule has 0 fully saturated rings. The average molecular weight is 295 g/mol. The normalized spacial score (nSPS) is 13.0. The van der Waals surface area contributed by atoms with Gasteiger partial charge in [-0.25, -0.2) is 0 Å². The number of nitro benzene ring substituents is 1. The number of aliphatic carboxylic acids is 1. The highest BCUT2D eigenvalue weighted by molar-refractivity contribution is 8.00. The number of nitrogens with zero attached hydrogens (tertiary/aromatic N) is 1. The van der Waals surface area contributed by atoms with Crippen molar-refractivity contribution in [3.63, 3.8) is 0 Å². The highest BCUT2D eigenvalue weighted by atomic mass is 32.2. The van der Waals surface area contributed by atoms with E-state index in [0.29, 0.717) is 0 Å². The minimum atomic E-state index is -4.76.